The standard InChI is InChI=1S/C15H13ClN4O/c16-11-6-13(15(17)18-8-11)14(21)10-7-19-20(9-10)12-4-2-1-3-5-12/h1-9,14,21H,(H2,17,18). The van der Waals surface area contributed by atoms with Crippen LogP contribution in [0.1, 0.15) is 17.2 Å². The second-order valence-electron chi connectivity index (χ2n) is 4.58. The summed E-state index contributed by atoms with van der Waals surface area (Å²) in [6.07, 6.45) is 3.87. The molecule has 0 saturated heterocycles. The van der Waals surface area contributed by atoms with Gasteiger partial charge in [0, 0.05) is 23.5 Å². The van der Waals surface area contributed by atoms with E-state index in [0.29, 0.717) is 16.1 Å². The molecule has 0 fully saturated rings. The first kappa shape index (κ1) is 13.6. The third kappa shape index (κ3) is 2.74. The molecule has 1 unspecified atom stereocenters. The third-order valence-electron chi connectivity index (χ3n) is 3.15. The molecule has 0 aliphatic rings. The van der Waals surface area contributed by atoms with Gasteiger partial charge < -0.3 is 10.8 Å². The van der Waals surface area contributed by atoms with Crippen LogP contribution in [0.2, 0.25) is 5.02 Å². The van der Waals surface area contributed by atoms with Crippen molar-refractivity contribution in [2.75, 3.05) is 5.73 Å². The van der Waals surface area contributed by atoms with Crippen molar-refractivity contribution in [1.29, 1.82) is 0 Å². The van der Waals surface area contributed by atoms with E-state index in [2.05, 4.69) is 10.1 Å². The summed E-state index contributed by atoms with van der Waals surface area (Å²) in [4.78, 5) is 3.95. The van der Waals surface area contributed by atoms with Crippen LogP contribution >= 0.6 is 11.6 Å². The number of rotatable bonds is 3. The molecule has 106 valence electrons. The molecule has 0 aliphatic heterocycles. The Morgan fingerprint density at radius 1 is 1.19 bits per heavy atom. The normalized spacial score (nSPS) is 12.3. The zero-order chi connectivity index (χ0) is 14.8. The number of hydrogen-bond donors (Lipinski definition) is 2. The summed E-state index contributed by atoms with van der Waals surface area (Å²) in [5.41, 5.74) is 7.79. The van der Waals surface area contributed by atoms with E-state index in [9.17, 15) is 5.11 Å². The van der Waals surface area contributed by atoms with E-state index in [0.717, 1.165) is 5.69 Å². The highest BCUT2D eigenvalue weighted by atomic mass is 35.5. The van der Waals surface area contributed by atoms with Crippen LogP contribution in [0.25, 0.3) is 5.69 Å². The maximum atomic E-state index is 10.4. The lowest BCUT2D eigenvalue weighted by atomic mass is 10.1. The molecule has 0 aliphatic carbocycles. The van der Waals surface area contributed by atoms with Gasteiger partial charge in [-0.15, -0.1) is 0 Å². The fourth-order valence-corrected chi connectivity index (χ4v) is 2.23. The molecular formula is C15H13ClN4O. The van der Waals surface area contributed by atoms with E-state index < -0.39 is 6.10 Å². The molecule has 5 nitrogen and oxygen atoms in total. The van der Waals surface area contributed by atoms with Crippen molar-refractivity contribution >= 4 is 17.4 Å². The van der Waals surface area contributed by atoms with Crippen LogP contribution in [-0.2, 0) is 0 Å². The van der Waals surface area contributed by atoms with Gasteiger partial charge in [0.2, 0.25) is 0 Å². The molecule has 3 N–H and O–H groups in total. The maximum Gasteiger partial charge on any atom is 0.129 e. The fourth-order valence-electron chi connectivity index (χ4n) is 2.06. The molecule has 0 radical (unpaired) electrons. The van der Waals surface area contributed by atoms with Gasteiger partial charge >= 0.3 is 0 Å². The number of nitrogen functional groups attached to an aromatic ring is 1. The molecule has 2 aromatic heterocycles. The summed E-state index contributed by atoms with van der Waals surface area (Å²) < 4.78 is 1.69. The number of aromatic nitrogens is 3. The van der Waals surface area contributed by atoms with E-state index in [-0.39, 0.29) is 5.82 Å². The van der Waals surface area contributed by atoms with Crippen LogP contribution in [-0.4, -0.2) is 19.9 Å². The predicted molar refractivity (Wildman–Crippen MR) is 81.3 cm³/mol. The lowest BCUT2D eigenvalue weighted by molar-refractivity contribution is 0.220. The van der Waals surface area contributed by atoms with E-state index >= 15 is 0 Å². The van der Waals surface area contributed by atoms with Gasteiger partial charge in [0.15, 0.2) is 0 Å². The van der Waals surface area contributed by atoms with Crippen LogP contribution in [0.4, 0.5) is 5.82 Å². The second-order valence-corrected chi connectivity index (χ2v) is 5.02. The van der Waals surface area contributed by atoms with Crippen molar-refractivity contribution in [3.63, 3.8) is 0 Å². The molecule has 2 heterocycles. The fraction of sp³-hybridized carbons (Fsp3) is 0.0667. The first-order valence-electron chi connectivity index (χ1n) is 6.34. The van der Waals surface area contributed by atoms with Crippen LogP contribution < -0.4 is 5.73 Å². The molecule has 1 aromatic carbocycles. The van der Waals surface area contributed by atoms with E-state index in [1.807, 2.05) is 30.3 Å². The van der Waals surface area contributed by atoms with Gasteiger partial charge in [-0.25, -0.2) is 9.67 Å². The topological polar surface area (TPSA) is 77.0 Å². The Hall–Kier alpha value is -2.37. The number of aliphatic hydroxyl groups excluding tert-OH is 1. The minimum Gasteiger partial charge on any atom is -0.383 e. The van der Waals surface area contributed by atoms with Gasteiger partial charge in [-0.05, 0) is 18.2 Å². The van der Waals surface area contributed by atoms with Gasteiger partial charge in [-0.2, -0.15) is 5.10 Å². The minimum atomic E-state index is -0.923. The number of aliphatic hydroxyl groups is 1. The Balaban J connectivity index is 1.94. The number of halogens is 1. The predicted octanol–water partition coefficient (Wildman–Crippen LogP) is 2.58. The summed E-state index contributed by atoms with van der Waals surface area (Å²) in [6.45, 7) is 0. The lowest BCUT2D eigenvalue weighted by Crippen LogP contribution is -2.05. The Labute approximate surface area is 126 Å². The summed E-state index contributed by atoms with van der Waals surface area (Å²) in [6, 6.07) is 11.2. The summed E-state index contributed by atoms with van der Waals surface area (Å²) in [5, 5.41) is 15.1. The molecule has 3 rings (SSSR count). The molecule has 6 heteroatoms. The zero-order valence-electron chi connectivity index (χ0n) is 11.0. The van der Waals surface area contributed by atoms with Gasteiger partial charge in [-0.3, -0.25) is 0 Å². The van der Waals surface area contributed by atoms with Crippen LogP contribution in [0.3, 0.4) is 0 Å². The Kier molecular flexibility index (Phi) is 3.60. The van der Waals surface area contributed by atoms with Crippen molar-refractivity contribution in [1.82, 2.24) is 14.8 Å². The van der Waals surface area contributed by atoms with Crippen LogP contribution in [0, 0.1) is 0 Å². The average Bonchev–Trinajstić information content (AvgIpc) is 3.00. The van der Waals surface area contributed by atoms with Crippen molar-refractivity contribution in [3.8, 4) is 5.69 Å². The van der Waals surface area contributed by atoms with Crippen molar-refractivity contribution < 1.29 is 5.11 Å². The number of benzene rings is 1. The highest BCUT2D eigenvalue weighted by molar-refractivity contribution is 6.30. The molecule has 0 bridgehead atoms. The highest BCUT2D eigenvalue weighted by Gasteiger charge is 2.17. The average molecular weight is 301 g/mol. The monoisotopic (exact) mass is 300 g/mol. The van der Waals surface area contributed by atoms with Crippen molar-refractivity contribution in [2.24, 2.45) is 0 Å². The quantitative estimate of drug-likeness (QED) is 0.779. The zero-order valence-corrected chi connectivity index (χ0v) is 11.8. The summed E-state index contributed by atoms with van der Waals surface area (Å²) in [5.74, 6) is 0.249. The molecule has 3 aromatic rings. The highest BCUT2D eigenvalue weighted by Crippen LogP contribution is 2.27. The smallest absolute Gasteiger partial charge is 0.129 e. The Morgan fingerprint density at radius 2 is 1.95 bits per heavy atom. The van der Waals surface area contributed by atoms with Gasteiger partial charge in [-0.1, -0.05) is 29.8 Å². The van der Waals surface area contributed by atoms with E-state index in [4.69, 9.17) is 17.3 Å². The minimum absolute atomic E-state index is 0.249. The summed E-state index contributed by atoms with van der Waals surface area (Å²) >= 11 is 5.90. The number of nitrogens with two attached hydrogens (primary N) is 1. The molecule has 0 spiro atoms. The molecule has 1 atom stereocenters. The first-order chi connectivity index (χ1) is 10.1. The van der Waals surface area contributed by atoms with Crippen LogP contribution in [0.15, 0.2) is 55.0 Å². The van der Waals surface area contributed by atoms with Crippen molar-refractivity contribution in [3.05, 3.63) is 71.1 Å². The largest absolute Gasteiger partial charge is 0.383 e. The number of pyridine rings is 1. The second kappa shape index (κ2) is 5.55. The molecule has 21 heavy (non-hydrogen) atoms. The maximum absolute atomic E-state index is 10.4. The Bertz CT molecular complexity index is 757. The number of para-hydroxylation sites is 1. The number of hydrogen-bond acceptors (Lipinski definition) is 4. The third-order valence-corrected chi connectivity index (χ3v) is 3.36. The molecular weight excluding hydrogens is 288 g/mol. The Morgan fingerprint density at radius 3 is 2.71 bits per heavy atom. The van der Waals surface area contributed by atoms with E-state index in [1.165, 1.54) is 6.20 Å². The number of nitrogens with zero attached hydrogens (tertiary/aromatic N) is 3. The summed E-state index contributed by atoms with van der Waals surface area (Å²) in [7, 11) is 0. The van der Waals surface area contributed by atoms with E-state index in [1.54, 1.807) is 23.1 Å². The first-order valence-corrected chi connectivity index (χ1v) is 6.72. The van der Waals surface area contributed by atoms with Gasteiger partial charge in [0.1, 0.15) is 11.9 Å². The van der Waals surface area contributed by atoms with Gasteiger partial charge in [0.25, 0.3) is 0 Å². The lowest BCUT2D eigenvalue weighted by Gasteiger charge is -2.11. The van der Waals surface area contributed by atoms with Crippen LogP contribution in [0.5, 0.6) is 0 Å². The SMILES string of the molecule is Nc1ncc(Cl)cc1C(O)c1cnn(-c2ccccc2)c1. The molecule has 0 amide bonds. The van der Waals surface area contributed by atoms with Gasteiger partial charge in [0.05, 0.1) is 16.9 Å². The molecule has 0 saturated carbocycles. The number of anilines is 1. The van der Waals surface area contributed by atoms with Crippen molar-refractivity contribution in [2.45, 2.75) is 6.10 Å².